The molecular weight excluding hydrogens is 372 g/mol. The molecule has 0 spiro atoms. The lowest BCUT2D eigenvalue weighted by molar-refractivity contribution is -0.161. The molecular formula is C23H28O6. The lowest BCUT2D eigenvalue weighted by Gasteiger charge is -2.38. The molecule has 6 nitrogen and oxygen atoms in total. The first kappa shape index (κ1) is 21.1. The van der Waals surface area contributed by atoms with Gasteiger partial charge in [0.1, 0.15) is 5.60 Å². The van der Waals surface area contributed by atoms with Gasteiger partial charge in [-0.25, -0.2) is 0 Å². The van der Waals surface area contributed by atoms with Crippen LogP contribution in [0.2, 0.25) is 0 Å². The largest absolute Gasteiger partial charge is 0.465 e. The normalized spacial score (nSPS) is 18.9. The molecule has 1 saturated carbocycles. The van der Waals surface area contributed by atoms with Gasteiger partial charge in [-0.3, -0.25) is 14.4 Å². The van der Waals surface area contributed by atoms with Crippen LogP contribution in [0.4, 0.5) is 0 Å². The Bertz CT molecular complexity index is 814. The van der Waals surface area contributed by atoms with E-state index in [2.05, 4.69) is 0 Å². The number of carbonyl (C=O) groups excluding carboxylic acids is 3. The predicted molar refractivity (Wildman–Crippen MR) is 107 cm³/mol. The minimum absolute atomic E-state index is 0.139. The van der Waals surface area contributed by atoms with Crippen LogP contribution in [0.3, 0.4) is 0 Å². The van der Waals surface area contributed by atoms with Crippen LogP contribution >= 0.6 is 0 Å². The molecule has 0 bridgehead atoms. The molecule has 0 aromatic heterocycles. The Balaban J connectivity index is 2.24. The quantitative estimate of drug-likeness (QED) is 0.411. The number of fused-ring (bicyclic) bond motifs is 1. The zero-order valence-corrected chi connectivity index (χ0v) is 17.3. The molecule has 0 N–H and O–H groups in total. The van der Waals surface area contributed by atoms with Crippen LogP contribution < -0.4 is 0 Å². The van der Waals surface area contributed by atoms with Crippen LogP contribution in [0, 0.1) is 0 Å². The average molecular weight is 400 g/mol. The average Bonchev–Trinajstić information content (AvgIpc) is 3.06. The maximum atomic E-state index is 13.1. The van der Waals surface area contributed by atoms with Gasteiger partial charge in [-0.15, -0.1) is 0 Å². The van der Waals surface area contributed by atoms with E-state index in [1.54, 1.807) is 32.1 Å². The Morgan fingerprint density at radius 2 is 1.52 bits per heavy atom. The Kier molecular flexibility index (Phi) is 6.10. The highest BCUT2D eigenvalue weighted by molar-refractivity contribution is 6.13. The van der Waals surface area contributed by atoms with E-state index in [0.717, 1.165) is 24.8 Å². The summed E-state index contributed by atoms with van der Waals surface area (Å²) < 4.78 is 16.5. The van der Waals surface area contributed by atoms with Gasteiger partial charge in [0.05, 0.1) is 13.2 Å². The van der Waals surface area contributed by atoms with Gasteiger partial charge in [-0.05, 0) is 56.7 Å². The van der Waals surface area contributed by atoms with Crippen molar-refractivity contribution in [2.45, 2.75) is 63.9 Å². The maximum absolute atomic E-state index is 13.1. The Hall–Kier alpha value is -2.63. The molecule has 1 aromatic rings. The van der Waals surface area contributed by atoms with Gasteiger partial charge in [-0.1, -0.05) is 30.7 Å². The highest BCUT2D eigenvalue weighted by Gasteiger charge is 2.57. The summed E-state index contributed by atoms with van der Waals surface area (Å²) in [5, 5.41) is 0. The van der Waals surface area contributed by atoms with Crippen LogP contribution in [0.25, 0.3) is 5.57 Å². The van der Waals surface area contributed by atoms with Gasteiger partial charge in [-0.2, -0.15) is 0 Å². The fourth-order valence-electron chi connectivity index (χ4n) is 4.55. The van der Waals surface area contributed by atoms with E-state index in [4.69, 9.17) is 14.2 Å². The number of benzene rings is 1. The summed E-state index contributed by atoms with van der Waals surface area (Å²) in [4.78, 5) is 38.2. The second kappa shape index (κ2) is 8.39. The second-order valence-electron chi connectivity index (χ2n) is 7.50. The Morgan fingerprint density at radius 3 is 2.07 bits per heavy atom. The molecule has 0 heterocycles. The van der Waals surface area contributed by atoms with Crippen molar-refractivity contribution < 1.29 is 28.6 Å². The van der Waals surface area contributed by atoms with E-state index in [1.165, 1.54) is 6.92 Å². The highest BCUT2D eigenvalue weighted by Crippen LogP contribution is 2.51. The summed E-state index contributed by atoms with van der Waals surface area (Å²) in [6.07, 6.45) is 5.78. The zero-order chi connectivity index (χ0) is 21.1. The first-order valence-electron chi connectivity index (χ1n) is 10.3. The van der Waals surface area contributed by atoms with Crippen molar-refractivity contribution in [3.05, 3.63) is 41.5 Å². The van der Waals surface area contributed by atoms with Gasteiger partial charge < -0.3 is 14.2 Å². The van der Waals surface area contributed by atoms with Crippen molar-refractivity contribution >= 4 is 23.5 Å². The standard InChI is InChI=1S/C23H28O6/c1-4-27-20(25)23(21(26)28-5-2)15-19(17-11-7-8-12-18(17)23)22(29-16(3)24)13-9-6-10-14-22/h7-8,11-12,15H,4-6,9-10,13-14H2,1-3H3. The SMILES string of the molecule is CCOC(=O)C1(C(=O)OCC)C=C(C2(OC(C)=O)CCCCC2)c2ccccc21. The Labute approximate surface area is 171 Å². The lowest BCUT2D eigenvalue weighted by atomic mass is 9.77. The number of hydrogen-bond donors (Lipinski definition) is 0. The monoisotopic (exact) mass is 400 g/mol. The molecule has 1 aromatic carbocycles. The fraction of sp³-hybridized carbons (Fsp3) is 0.522. The van der Waals surface area contributed by atoms with E-state index in [9.17, 15) is 14.4 Å². The summed E-state index contributed by atoms with van der Waals surface area (Å²) in [5.41, 5.74) is -0.603. The molecule has 3 rings (SSSR count). The molecule has 0 radical (unpaired) electrons. The molecule has 29 heavy (non-hydrogen) atoms. The number of esters is 3. The van der Waals surface area contributed by atoms with Crippen LogP contribution in [0.1, 0.15) is 64.0 Å². The zero-order valence-electron chi connectivity index (χ0n) is 17.3. The number of rotatable bonds is 6. The first-order valence-corrected chi connectivity index (χ1v) is 10.3. The summed E-state index contributed by atoms with van der Waals surface area (Å²) in [5.74, 6) is -1.72. The molecule has 0 saturated heterocycles. The first-order chi connectivity index (χ1) is 13.9. The van der Waals surface area contributed by atoms with Crippen LogP contribution in [-0.4, -0.2) is 36.7 Å². The van der Waals surface area contributed by atoms with E-state index in [-0.39, 0.29) is 19.2 Å². The van der Waals surface area contributed by atoms with Crippen LogP contribution in [0.5, 0.6) is 0 Å². The molecule has 1 fully saturated rings. The van der Waals surface area contributed by atoms with E-state index < -0.39 is 23.0 Å². The third-order valence-electron chi connectivity index (χ3n) is 5.69. The van der Waals surface area contributed by atoms with Gasteiger partial charge in [0, 0.05) is 12.5 Å². The lowest BCUT2D eigenvalue weighted by Crippen LogP contribution is -2.44. The van der Waals surface area contributed by atoms with Crippen LogP contribution in [-0.2, 0) is 34.0 Å². The van der Waals surface area contributed by atoms with E-state index >= 15 is 0 Å². The molecule has 0 atom stereocenters. The summed E-state index contributed by atoms with van der Waals surface area (Å²) in [6.45, 7) is 5.07. The minimum Gasteiger partial charge on any atom is -0.465 e. The highest BCUT2D eigenvalue weighted by atomic mass is 16.6. The molecule has 2 aliphatic carbocycles. The summed E-state index contributed by atoms with van der Waals surface area (Å²) >= 11 is 0. The van der Waals surface area contributed by atoms with Crippen molar-refractivity contribution in [1.29, 1.82) is 0 Å². The molecule has 0 amide bonds. The molecule has 2 aliphatic rings. The summed E-state index contributed by atoms with van der Waals surface area (Å²) in [7, 11) is 0. The molecule has 0 unspecified atom stereocenters. The number of hydrogen-bond acceptors (Lipinski definition) is 6. The van der Waals surface area contributed by atoms with E-state index in [1.807, 2.05) is 12.1 Å². The van der Waals surface area contributed by atoms with Crippen LogP contribution in [0.15, 0.2) is 30.3 Å². The fourth-order valence-corrected chi connectivity index (χ4v) is 4.55. The van der Waals surface area contributed by atoms with Gasteiger partial charge >= 0.3 is 17.9 Å². The smallest absolute Gasteiger partial charge is 0.332 e. The van der Waals surface area contributed by atoms with Gasteiger partial charge in [0.15, 0.2) is 0 Å². The predicted octanol–water partition coefficient (Wildman–Crippen LogP) is 3.71. The maximum Gasteiger partial charge on any atom is 0.332 e. The molecule has 6 heteroatoms. The van der Waals surface area contributed by atoms with E-state index in [0.29, 0.717) is 24.0 Å². The summed E-state index contributed by atoms with van der Waals surface area (Å²) in [6, 6.07) is 7.24. The molecule has 156 valence electrons. The third-order valence-corrected chi connectivity index (χ3v) is 5.69. The third kappa shape index (κ3) is 3.56. The van der Waals surface area contributed by atoms with Gasteiger partial charge in [0.25, 0.3) is 0 Å². The van der Waals surface area contributed by atoms with Crippen molar-refractivity contribution in [3.63, 3.8) is 0 Å². The van der Waals surface area contributed by atoms with Crippen molar-refractivity contribution in [2.75, 3.05) is 13.2 Å². The van der Waals surface area contributed by atoms with Gasteiger partial charge in [0.2, 0.25) is 5.41 Å². The second-order valence-corrected chi connectivity index (χ2v) is 7.50. The van der Waals surface area contributed by atoms with Crippen molar-refractivity contribution in [2.24, 2.45) is 0 Å². The molecule has 0 aliphatic heterocycles. The number of ether oxygens (including phenoxy) is 3. The topological polar surface area (TPSA) is 78.9 Å². The Morgan fingerprint density at radius 1 is 0.931 bits per heavy atom. The minimum atomic E-state index is -1.69. The van der Waals surface area contributed by atoms with Crippen molar-refractivity contribution in [1.82, 2.24) is 0 Å². The number of carbonyl (C=O) groups is 3. The van der Waals surface area contributed by atoms with Crippen molar-refractivity contribution in [3.8, 4) is 0 Å².